The van der Waals surface area contributed by atoms with Crippen LogP contribution in [0.15, 0.2) is 33.7 Å². The maximum atomic E-state index is 9.89. The molecule has 0 bridgehead atoms. The molecule has 2 aliphatic heterocycles. The first-order chi connectivity index (χ1) is 10.6. The van der Waals surface area contributed by atoms with E-state index in [1.54, 1.807) is 0 Å². The zero-order valence-electron chi connectivity index (χ0n) is 11.4. The molecule has 6 nitrogen and oxygen atoms in total. The van der Waals surface area contributed by atoms with Crippen LogP contribution >= 0.6 is 15.9 Å². The van der Waals surface area contributed by atoms with Crippen molar-refractivity contribution in [3.63, 3.8) is 0 Å². The number of ether oxygens (including phenoxy) is 2. The number of benzene rings is 1. The van der Waals surface area contributed by atoms with Crippen molar-refractivity contribution in [2.75, 3.05) is 13.2 Å². The van der Waals surface area contributed by atoms with Crippen molar-refractivity contribution >= 4 is 21.8 Å². The Kier molecular flexibility index (Phi) is 2.54. The van der Waals surface area contributed by atoms with E-state index in [4.69, 9.17) is 15.2 Å². The van der Waals surface area contributed by atoms with Gasteiger partial charge >= 0.3 is 0 Å². The Hall–Kier alpha value is -1.93. The molecule has 3 atom stereocenters. The van der Waals surface area contributed by atoms with Crippen LogP contribution in [0.1, 0.15) is 11.5 Å². The summed E-state index contributed by atoms with van der Waals surface area (Å²) in [6.45, 7) is 0.656. The fourth-order valence-corrected chi connectivity index (χ4v) is 4.14. The van der Waals surface area contributed by atoms with Gasteiger partial charge in [-0.05, 0) is 17.7 Å². The smallest absolute Gasteiger partial charge is 0.293 e. The van der Waals surface area contributed by atoms with Crippen LogP contribution < -0.4 is 5.73 Å². The number of fused-ring (bicyclic) bond motifs is 2. The van der Waals surface area contributed by atoms with Crippen molar-refractivity contribution < 1.29 is 9.47 Å². The van der Waals surface area contributed by atoms with Crippen molar-refractivity contribution in [2.45, 2.75) is 11.8 Å². The molecular weight excluding hydrogens is 348 g/mol. The second-order valence-electron chi connectivity index (χ2n) is 5.60. The summed E-state index contributed by atoms with van der Waals surface area (Å²) < 4.78 is 12.2. The van der Waals surface area contributed by atoms with Crippen LogP contribution in [-0.4, -0.2) is 25.0 Å². The summed E-state index contributed by atoms with van der Waals surface area (Å²) >= 11 is 3.38. The van der Waals surface area contributed by atoms with Crippen LogP contribution in [0, 0.1) is 33.5 Å². The van der Waals surface area contributed by atoms with Gasteiger partial charge in [0.25, 0.3) is 5.91 Å². The van der Waals surface area contributed by atoms with Gasteiger partial charge in [0.1, 0.15) is 11.3 Å². The lowest BCUT2D eigenvalue weighted by molar-refractivity contribution is -0.184. The molecule has 4 rings (SSSR count). The third-order valence-corrected chi connectivity index (χ3v) is 5.34. The highest BCUT2D eigenvalue weighted by Crippen LogP contribution is 2.82. The second-order valence-corrected chi connectivity index (χ2v) is 6.52. The van der Waals surface area contributed by atoms with Crippen molar-refractivity contribution in [3.05, 3.63) is 34.3 Å². The van der Waals surface area contributed by atoms with E-state index in [1.807, 2.05) is 24.3 Å². The lowest BCUT2D eigenvalue weighted by Gasteiger charge is -2.25. The van der Waals surface area contributed by atoms with Gasteiger partial charge in [-0.1, -0.05) is 28.1 Å². The van der Waals surface area contributed by atoms with Crippen LogP contribution in [0.25, 0.3) is 0 Å². The van der Waals surface area contributed by atoms with E-state index < -0.39 is 22.7 Å². The highest BCUT2D eigenvalue weighted by atomic mass is 79.9. The predicted octanol–water partition coefficient (Wildman–Crippen LogP) is 1.64. The van der Waals surface area contributed by atoms with Gasteiger partial charge in [-0.2, -0.15) is 10.5 Å². The van der Waals surface area contributed by atoms with Gasteiger partial charge in [-0.3, -0.25) is 0 Å². The Morgan fingerprint density at radius 1 is 1.18 bits per heavy atom. The molecule has 1 aromatic rings. The molecule has 7 heteroatoms. The Morgan fingerprint density at radius 3 is 2.36 bits per heavy atom. The number of hydrogen-bond acceptors (Lipinski definition) is 6. The summed E-state index contributed by atoms with van der Waals surface area (Å²) in [6.07, 6.45) is 0. The Morgan fingerprint density at radius 2 is 1.82 bits per heavy atom. The number of amidine groups is 1. The lowest BCUT2D eigenvalue weighted by atomic mass is 9.94. The third-order valence-electron chi connectivity index (χ3n) is 4.81. The average Bonchev–Trinajstić information content (AvgIpc) is 2.77. The number of rotatable bonds is 1. The van der Waals surface area contributed by atoms with Gasteiger partial charge < -0.3 is 15.2 Å². The topological polar surface area (TPSA) is 104 Å². The molecule has 2 fully saturated rings. The Bertz CT molecular complexity index is 772. The minimum atomic E-state index is -1.46. The summed E-state index contributed by atoms with van der Waals surface area (Å²) in [7, 11) is 0. The first-order valence-electron chi connectivity index (χ1n) is 6.80. The highest BCUT2D eigenvalue weighted by molar-refractivity contribution is 9.10. The predicted molar refractivity (Wildman–Crippen MR) is 79.2 cm³/mol. The van der Waals surface area contributed by atoms with E-state index in [1.165, 1.54) is 0 Å². The maximum absolute atomic E-state index is 9.89. The number of nitrogens with two attached hydrogens (primary N) is 1. The zero-order valence-corrected chi connectivity index (χ0v) is 13.0. The van der Waals surface area contributed by atoms with Gasteiger partial charge in [0.2, 0.25) is 0 Å². The molecule has 22 heavy (non-hydrogen) atoms. The van der Waals surface area contributed by atoms with E-state index in [9.17, 15) is 10.5 Å². The minimum Gasteiger partial charge on any atom is -0.386 e. The molecule has 1 spiro atoms. The summed E-state index contributed by atoms with van der Waals surface area (Å²) in [6, 6.07) is 12.0. The molecule has 1 aromatic carbocycles. The number of aliphatic imine (C=N–C) groups is 1. The first kappa shape index (κ1) is 13.7. The standard InChI is InChI=1S/C15H11BrN4O2/c16-10-3-1-9(2-4-10)11-13(7-17)12(19)20-15(14(11,13)8-18)21-5-6-22-15/h1-4,11H,5-6H2,(H2,19,20)/t11-,13-,14+/m0/s1. The van der Waals surface area contributed by atoms with E-state index in [2.05, 4.69) is 33.1 Å². The molecule has 0 amide bonds. The Balaban J connectivity index is 1.92. The number of nitrogens with zero attached hydrogens (tertiary/aromatic N) is 3. The number of nitriles is 2. The fourth-order valence-electron chi connectivity index (χ4n) is 3.87. The van der Waals surface area contributed by atoms with Crippen molar-refractivity contribution in [3.8, 4) is 12.1 Å². The second kappa shape index (κ2) is 4.08. The summed E-state index contributed by atoms with van der Waals surface area (Å²) in [5, 5.41) is 19.7. The Labute approximate surface area is 135 Å². The van der Waals surface area contributed by atoms with Crippen LogP contribution in [0.3, 0.4) is 0 Å². The highest BCUT2D eigenvalue weighted by Gasteiger charge is 2.94. The molecular formula is C15H11BrN4O2. The van der Waals surface area contributed by atoms with E-state index >= 15 is 0 Å². The summed E-state index contributed by atoms with van der Waals surface area (Å²) in [5.41, 5.74) is 4.47. The van der Waals surface area contributed by atoms with Gasteiger partial charge in [0, 0.05) is 10.4 Å². The average molecular weight is 359 g/mol. The van der Waals surface area contributed by atoms with Crippen molar-refractivity contribution in [2.24, 2.45) is 21.6 Å². The lowest BCUT2D eigenvalue weighted by Crippen LogP contribution is -2.38. The fraction of sp³-hybridized carbons (Fsp3) is 0.400. The van der Waals surface area contributed by atoms with Crippen molar-refractivity contribution in [1.29, 1.82) is 10.5 Å². The third kappa shape index (κ3) is 1.21. The van der Waals surface area contributed by atoms with Crippen molar-refractivity contribution in [1.82, 2.24) is 0 Å². The quantitative estimate of drug-likeness (QED) is 0.821. The van der Waals surface area contributed by atoms with E-state index in [-0.39, 0.29) is 5.84 Å². The van der Waals surface area contributed by atoms with Crippen LogP contribution in [-0.2, 0) is 9.47 Å². The first-order valence-corrected chi connectivity index (χ1v) is 7.59. The van der Waals surface area contributed by atoms with Crippen LogP contribution in [0.5, 0.6) is 0 Å². The minimum absolute atomic E-state index is 0.117. The normalized spacial score (nSPS) is 37.2. The largest absolute Gasteiger partial charge is 0.386 e. The molecule has 1 saturated carbocycles. The van der Waals surface area contributed by atoms with Crippen LogP contribution in [0.4, 0.5) is 0 Å². The van der Waals surface area contributed by atoms with E-state index in [0.29, 0.717) is 13.2 Å². The molecule has 0 radical (unpaired) electrons. The SMILES string of the molecule is N#C[C@@]12[C@@H](c3ccc(Br)cc3)[C@@]1(C#N)C(N)=NC21OCCO1. The summed E-state index contributed by atoms with van der Waals surface area (Å²) in [5.74, 6) is -1.76. The molecule has 0 unspecified atom stereocenters. The molecule has 110 valence electrons. The van der Waals surface area contributed by atoms with Crippen LogP contribution in [0.2, 0.25) is 0 Å². The molecule has 2 heterocycles. The van der Waals surface area contributed by atoms with Gasteiger partial charge in [0.05, 0.1) is 25.4 Å². The number of halogens is 1. The summed E-state index contributed by atoms with van der Waals surface area (Å²) in [4.78, 5) is 4.23. The molecule has 2 N–H and O–H groups in total. The van der Waals surface area contributed by atoms with E-state index in [0.717, 1.165) is 10.0 Å². The molecule has 3 aliphatic rings. The van der Waals surface area contributed by atoms with Gasteiger partial charge in [-0.25, -0.2) is 4.99 Å². The van der Waals surface area contributed by atoms with Gasteiger partial charge in [-0.15, -0.1) is 0 Å². The zero-order chi connectivity index (χ0) is 15.6. The molecule has 1 aliphatic carbocycles. The monoisotopic (exact) mass is 358 g/mol. The molecule has 0 aromatic heterocycles. The number of hydrogen-bond donors (Lipinski definition) is 1. The van der Waals surface area contributed by atoms with Gasteiger partial charge in [0.15, 0.2) is 5.41 Å². The maximum Gasteiger partial charge on any atom is 0.293 e. The molecule has 1 saturated heterocycles.